The second-order valence-corrected chi connectivity index (χ2v) is 4.47. The van der Waals surface area contributed by atoms with Crippen LogP contribution in [0.5, 0.6) is 0 Å². The van der Waals surface area contributed by atoms with Gasteiger partial charge in [0.2, 0.25) is 0 Å². The van der Waals surface area contributed by atoms with E-state index in [0.29, 0.717) is 19.8 Å². The van der Waals surface area contributed by atoms with Gasteiger partial charge in [-0.15, -0.1) is 6.58 Å². The Morgan fingerprint density at radius 3 is 2.61 bits per heavy atom. The minimum absolute atomic E-state index is 0.167. The van der Waals surface area contributed by atoms with Crippen LogP contribution in [0.4, 0.5) is 0 Å². The molecule has 1 saturated carbocycles. The van der Waals surface area contributed by atoms with E-state index in [4.69, 9.17) is 14.2 Å². The van der Waals surface area contributed by atoms with Gasteiger partial charge in [-0.05, 0) is 26.7 Å². The first-order valence-electron chi connectivity index (χ1n) is 6.71. The number of carbonyl (C=O) groups is 1. The second kappa shape index (κ2) is 7.54. The fourth-order valence-electron chi connectivity index (χ4n) is 2.47. The summed E-state index contributed by atoms with van der Waals surface area (Å²) in [6.45, 7) is 8.68. The normalized spacial score (nSPS) is 25.1. The molecule has 104 valence electrons. The molecule has 0 aromatic heterocycles. The standard InChI is InChI=1S/C11H18O4.C3H6/c1-2-13-10(12)9-5-3-4-6-11(9)14-7-8-15-11;1-3-2/h9H,2-8H2,1H3;3H,1H2,2H3. The monoisotopic (exact) mass is 256 g/mol. The number of allylic oxidation sites excluding steroid dienone is 1. The van der Waals surface area contributed by atoms with Crippen LogP contribution < -0.4 is 0 Å². The van der Waals surface area contributed by atoms with Gasteiger partial charge < -0.3 is 14.2 Å². The van der Waals surface area contributed by atoms with Crippen LogP contribution in [0.25, 0.3) is 0 Å². The van der Waals surface area contributed by atoms with Crippen molar-refractivity contribution >= 4 is 5.97 Å². The molecule has 1 saturated heterocycles. The van der Waals surface area contributed by atoms with Gasteiger partial charge in [-0.3, -0.25) is 4.79 Å². The molecule has 4 nitrogen and oxygen atoms in total. The summed E-state index contributed by atoms with van der Waals surface area (Å²) in [5.74, 6) is -1.06. The van der Waals surface area contributed by atoms with Gasteiger partial charge in [-0.1, -0.05) is 12.5 Å². The van der Waals surface area contributed by atoms with Crippen molar-refractivity contribution in [1.29, 1.82) is 0 Å². The summed E-state index contributed by atoms with van der Waals surface area (Å²) in [6, 6.07) is 0. The molecule has 0 bridgehead atoms. The largest absolute Gasteiger partial charge is 0.466 e. The molecule has 1 spiro atoms. The molecular weight excluding hydrogens is 232 g/mol. The highest BCUT2D eigenvalue weighted by molar-refractivity contribution is 5.73. The topological polar surface area (TPSA) is 44.8 Å². The first-order valence-corrected chi connectivity index (χ1v) is 6.71. The van der Waals surface area contributed by atoms with Crippen LogP contribution >= 0.6 is 0 Å². The lowest BCUT2D eigenvalue weighted by Gasteiger charge is -2.37. The molecule has 1 aliphatic carbocycles. The quantitative estimate of drug-likeness (QED) is 0.563. The Morgan fingerprint density at radius 1 is 1.44 bits per heavy atom. The first-order chi connectivity index (χ1) is 8.70. The predicted molar refractivity (Wildman–Crippen MR) is 69.1 cm³/mol. The zero-order valence-corrected chi connectivity index (χ0v) is 11.4. The van der Waals surface area contributed by atoms with Crippen LogP contribution in [0.1, 0.15) is 39.5 Å². The number of esters is 1. The Balaban J connectivity index is 0.000000492. The van der Waals surface area contributed by atoms with E-state index in [9.17, 15) is 4.79 Å². The molecule has 1 unspecified atom stereocenters. The van der Waals surface area contributed by atoms with Crippen LogP contribution in [-0.4, -0.2) is 31.6 Å². The van der Waals surface area contributed by atoms with Crippen LogP contribution in [0.3, 0.4) is 0 Å². The van der Waals surface area contributed by atoms with E-state index >= 15 is 0 Å². The zero-order chi connectivity index (χ0) is 13.4. The van der Waals surface area contributed by atoms with E-state index in [0.717, 1.165) is 25.7 Å². The maximum Gasteiger partial charge on any atom is 0.314 e. The number of rotatable bonds is 2. The summed E-state index contributed by atoms with van der Waals surface area (Å²) < 4.78 is 16.3. The number of carbonyl (C=O) groups excluding carboxylic acids is 1. The minimum Gasteiger partial charge on any atom is -0.466 e. The Hall–Kier alpha value is -0.870. The van der Waals surface area contributed by atoms with Crippen LogP contribution in [-0.2, 0) is 19.0 Å². The second-order valence-electron chi connectivity index (χ2n) is 4.47. The summed E-state index contributed by atoms with van der Waals surface area (Å²) in [7, 11) is 0. The molecule has 1 aliphatic heterocycles. The number of hydrogen-bond acceptors (Lipinski definition) is 4. The molecule has 2 rings (SSSR count). The lowest BCUT2D eigenvalue weighted by Crippen LogP contribution is -2.46. The van der Waals surface area contributed by atoms with Gasteiger partial charge in [-0.2, -0.15) is 0 Å². The number of ether oxygens (including phenoxy) is 3. The van der Waals surface area contributed by atoms with E-state index in [1.165, 1.54) is 0 Å². The predicted octanol–water partition coefficient (Wildman–Crippen LogP) is 2.68. The van der Waals surface area contributed by atoms with Gasteiger partial charge in [-0.25, -0.2) is 0 Å². The minimum atomic E-state index is -0.662. The van der Waals surface area contributed by atoms with Crippen molar-refractivity contribution < 1.29 is 19.0 Å². The summed E-state index contributed by atoms with van der Waals surface area (Å²) in [4.78, 5) is 11.8. The maximum absolute atomic E-state index is 11.8. The third kappa shape index (κ3) is 3.56. The average molecular weight is 256 g/mol. The Bertz CT molecular complexity index is 269. The first kappa shape index (κ1) is 15.2. The molecule has 0 amide bonds. The molecule has 18 heavy (non-hydrogen) atoms. The summed E-state index contributed by atoms with van der Waals surface area (Å²) in [5, 5.41) is 0. The molecule has 0 radical (unpaired) electrons. The van der Waals surface area contributed by atoms with E-state index in [1.807, 2.05) is 13.8 Å². The Labute approximate surface area is 109 Å². The van der Waals surface area contributed by atoms with Gasteiger partial charge in [0, 0.05) is 6.42 Å². The van der Waals surface area contributed by atoms with Gasteiger partial charge in [0.1, 0.15) is 5.92 Å². The molecule has 0 aromatic rings. The summed E-state index contributed by atoms with van der Waals surface area (Å²) in [6.07, 6.45) is 5.50. The fourth-order valence-corrected chi connectivity index (χ4v) is 2.47. The highest BCUT2D eigenvalue weighted by Gasteiger charge is 2.50. The zero-order valence-electron chi connectivity index (χ0n) is 11.4. The molecule has 1 heterocycles. The highest BCUT2D eigenvalue weighted by atomic mass is 16.7. The van der Waals surface area contributed by atoms with Crippen molar-refractivity contribution in [3.05, 3.63) is 12.7 Å². The summed E-state index contributed by atoms with van der Waals surface area (Å²) in [5.41, 5.74) is 0. The van der Waals surface area contributed by atoms with Crippen molar-refractivity contribution in [3.63, 3.8) is 0 Å². The third-order valence-corrected chi connectivity index (χ3v) is 3.15. The Morgan fingerprint density at radius 2 is 2.06 bits per heavy atom. The van der Waals surface area contributed by atoms with Gasteiger partial charge >= 0.3 is 5.97 Å². The lowest BCUT2D eigenvalue weighted by atomic mass is 9.83. The molecule has 4 heteroatoms. The van der Waals surface area contributed by atoms with Crippen LogP contribution in [0, 0.1) is 5.92 Å². The number of hydrogen-bond donors (Lipinski definition) is 0. The van der Waals surface area contributed by atoms with Crippen molar-refractivity contribution in [3.8, 4) is 0 Å². The van der Waals surface area contributed by atoms with Gasteiger partial charge in [0.05, 0.1) is 19.8 Å². The Kier molecular flexibility index (Phi) is 6.36. The highest BCUT2D eigenvalue weighted by Crippen LogP contribution is 2.40. The molecule has 0 aromatic carbocycles. The molecule has 0 N–H and O–H groups in total. The molecule has 2 fully saturated rings. The summed E-state index contributed by atoms with van der Waals surface area (Å²) >= 11 is 0. The van der Waals surface area contributed by atoms with Crippen molar-refractivity contribution in [2.45, 2.75) is 45.3 Å². The van der Waals surface area contributed by atoms with E-state index in [-0.39, 0.29) is 11.9 Å². The smallest absolute Gasteiger partial charge is 0.314 e. The maximum atomic E-state index is 11.8. The fraction of sp³-hybridized carbons (Fsp3) is 0.786. The van der Waals surface area contributed by atoms with Crippen LogP contribution in [0.15, 0.2) is 12.7 Å². The van der Waals surface area contributed by atoms with Crippen molar-refractivity contribution in [1.82, 2.24) is 0 Å². The van der Waals surface area contributed by atoms with Gasteiger partial charge in [0.15, 0.2) is 5.79 Å². The van der Waals surface area contributed by atoms with Crippen molar-refractivity contribution in [2.75, 3.05) is 19.8 Å². The van der Waals surface area contributed by atoms with Crippen LogP contribution in [0.2, 0.25) is 0 Å². The molecule has 2 aliphatic rings. The van der Waals surface area contributed by atoms with E-state index < -0.39 is 5.79 Å². The van der Waals surface area contributed by atoms with Crippen molar-refractivity contribution in [2.24, 2.45) is 5.92 Å². The van der Waals surface area contributed by atoms with E-state index in [1.54, 1.807) is 6.08 Å². The molecular formula is C14H24O4. The SMILES string of the molecule is C=CC.CCOC(=O)C1CCCCC12OCCO2. The molecule has 1 atom stereocenters. The average Bonchev–Trinajstić information content (AvgIpc) is 2.80. The van der Waals surface area contributed by atoms with Gasteiger partial charge in [0.25, 0.3) is 0 Å². The third-order valence-electron chi connectivity index (χ3n) is 3.15. The lowest BCUT2D eigenvalue weighted by molar-refractivity contribution is -0.221. The van der Waals surface area contributed by atoms with E-state index in [2.05, 4.69) is 6.58 Å².